The number of pyridine rings is 1. The number of carbonyl (C=O) groups excluding carboxylic acids is 1. The molecule has 0 unspecified atom stereocenters. The van der Waals surface area contributed by atoms with Gasteiger partial charge in [0.1, 0.15) is 5.69 Å². The first-order chi connectivity index (χ1) is 12.1. The van der Waals surface area contributed by atoms with Crippen LogP contribution >= 0.6 is 0 Å². The second-order valence-corrected chi connectivity index (χ2v) is 6.63. The second-order valence-electron chi connectivity index (χ2n) is 6.63. The molecular weight excluding hydrogens is 316 g/mol. The first-order valence-electron chi connectivity index (χ1n) is 8.54. The Hall–Kier alpha value is -2.89. The number of H-pyrrole nitrogens is 1. The molecule has 1 aliphatic rings. The summed E-state index contributed by atoms with van der Waals surface area (Å²) in [5.74, 6) is -0.116. The lowest BCUT2D eigenvalue weighted by Gasteiger charge is -2.24. The normalized spacial score (nSPS) is 17.3. The third kappa shape index (κ3) is 2.95. The Morgan fingerprint density at radius 1 is 1.36 bits per heavy atom. The van der Waals surface area contributed by atoms with Crippen molar-refractivity contribution in [1.82, 2.24) is 19.7 Å². The number of carbonyl (C=O) groups is 1. The Morgan fingerprint density at radius 3 is 3.00 bits per heavy atom. The Balaban J connectivity index is 1.62. The highest BCUT2D eigenvalue weighted by atomic mass is 16.2. The van der Waals surface area contributed by atoms with Crippen LogP contribution in [0.3, 0.4) is 0 Å². The highest BCUT2D eigenvalue weighted by Gasteiger charge is 2.30. The quantitative estimate of drug-likeness (QED) is 0.798. The van der Waals surface area contributed by atoms with Crippen LogP contribution in [0.1, 0.15) is 28.9 Å². The first kappa shape index (κ1) is 15.6. The molecule has 1 saturated heterocycles. The van der Waals surface area contributed by atoms with E-state index in [1.54, 1.807) is 12.1 Å². The fourth-order valence-electron chi connectivity index (χ4n) is 3.56. The Bertz CT molecular complexity index is 988. The molecule has 0 radical (unpaired) electrons. The number of aromatic amines is 1. The molecule has 3 aromatic rings. The van der Waals surface area contributed by atoms with Crippen molar-refractivity contribution in [3.05, 3.63) is 64.3 Å². The van der Waals surface area contributed by atoms with E-state index in [0.717, 1.165) is 23.8 Å². The van der Waals surface area contributed by atoms with Crippen molar-refractivity contribution in [3.63, 3.8) is 0 Å². The summed E-state index contributed by atoms with van der Waals surface area (Å²) in [6, 6.07) is 9.18. The molecule has 128 valence electrons. The van der Waals surface area contributed by atoms with Crippen LogP contribution in [0.5, 0.6) is 0 Å². The summed E-state index contributed by atoms with van der Waals surface area (Å²) >= 11 is 0. The van der Waals surface area contributed by atoms with Gasteiger partial charge in [0.05, 0.1) is 18.8 Å². The summed E-state index contributed by atoms with van der Waals surface area (Å²) in [6.45, 7) is 3.39. The third-order valence-corrected chi connectivity index (χ3v) is 4.78. The topological polar surface area (TPSA) is 71.0 Å². The minimum atomic E-state index is -0.222. The monoisotopic (exact) mass is 336 g/mol. The van der Waals surface area contributed by atoms with E-state index in [-0.39, 0.29) is 17.5 Å². The molecule has 1 aliphatic heterocycles. The summed E-state index contributed by atoms with van der Waals surface area (Å²) in [7, 11) is 0. The molecule has 6 heteroatoms. The zero-order valence-electron chi connectivity index (χ0n) is 14.1. The van der Waals surface area contributed by atoms with Gasteiger partial charge in [-0.3, -0.25) is 14.3 Å². The van der Waals surface area contributed by atoms with E-state index in [1.165, 1.54) is 0 Å². The van der Waals surface area contributed by atoms with E-state index >= 15 is 0 Å². The van der Waals surface area contributed by atoms with E-state index in [0.29, 0.717) is 24.2 Å². The number of aryl methyl sites for hydroxylation is 1. The molecule has 1 aromatic carbocycles. The molecule has 1 amide bonds. The summed E-state index contributed by atoms with van der Waals surface area (Å²) in [6.07, 6.45) is 5.72. The van der Waals surface area contributed by atoms with E-state index in [1.807, 2.05) is 47.1 Å². The van der Waals surface area contributed by atoms with Crippen LogP contribution in [0, 0.1) is 6.92 Å². The summed E-state index contributed by atoms with van der Waals surface area (Å²) in [5.41, 5.74) is 1.24. The summed E-state index contributed by atoms with van der Waals surface area (Å²) < 4.78 is 1.88. The fourth-order valence-corrected chi connectivity index (χ4v) is 3.56. The maximum absolute atomic E-state index is 13.0. The minimum absolute atomic E-state index is 0.0989. The number of benzene rings is 1. The van der Waals surface area contributed by atoms with E-state index in [4.69, 9.17) is 0 Å². The van der Waals surface area contributed by atoms with Crippen molar-refractivity contribution in [1.29, 1.82) is 0 Å². The van der Waals surface area contributed by atoms with Gasteiger partial charge in [0.2, 0.25) is 0 Å². The van der Waals surface area contributed by atoms with Crippen LogP contribution in [0.2, 0.25) is 0 Å². The standard InChI is InChI=1S/C19H20N4O2/c1-13-10-20-22(11-13)12-15-6-4-8-23(15)19(25)17-9-14-5-2-3-7-16(14)18(24)21-17/h2-3,5,7,9-11,15H,4,6,8,12H2,1H3,(H,21,24)/t15-/m0/s1. The van der Waals surface area contributed by atoms with Crippen molar-refractivity contribution in [2.24, 2.45) is 0 Å². The number of likely N-dealkylation sites (tertiary alicyclic amines) is 1. The van der Waals surface area contributed by atoms with E-state index < -0.39 is 0 Å². The average Bonchev–Trinajstić information content (AvgIpc) is 3.23. The number of amides is 1. The van der Waals surface area contributed by atoms with Crippen molar-refractivity contribution in [3.8, 4) is 0 Å². The van der Waals surface area contributed by atoms with Gasteiger partial charge in [-0.2, -0.15) is 5.10 Å². The average molecular weight is 336 g/mol. The molecule has 0 spiro atoms. The number of aromatic nitrogens is 3. The van der Waals surface area contributed by atoms with Crippen molar-refractivity contribution in [2.45, 2.75) is 32.4 Å². The maximum Gasteiger partial charge on any atom is 0.270 e. The molecular formula is C19H20N4O2. The Morgan fingerprint density at radius 2 is 2.20 bits per heavy atom. The van der Waals surface area contributed by atoms with Crippen LogP contribution in [0.15, 0.2) is 47.5 Å². The number of rotatable bonds is 3. The zero-order chi connectivity index (χ0) is 17.4. The van der Waals surface area contributed by atoms with Gasteiger partial charge in [-0.05, 0) is 42.8 Å². The molecule has 2 aromatic heterocycles. The van der Waals surface area contributed by atoms with E-state index in [2.05, 4.69) is 10.1 Å². The zero-order valence-corrected chi connectivity index (χ0v) is 14.1. The van der Waals surface area contributed by atoms with Crippen LogP contribution in [-0.2, 0) is 6.54 Å². The molecule has 0 saturated carbocycles. The van der Waals surface area contributed by atoms with Gasteiger partial charge in [0.25, 0.3) is 11.5 Å². The largest absolute Gasteiger partial charge is 0.333 e. The van der Waals surface area contributed by atoms with Crippen molar-refractivity contribution in [2.75, 3.05) is 6.54 Å². The molecule has 25 heavy (non-hydrogen) atoms. The summed E-state index contributed by atoms with van der Waals surface area (Å²) in [5, 5.41) is 5.71. The number of fused-ring (bicyclic) bond motifs is 1. The van der Waals surface area contributed by atoms with Crippen LogP contribution in [-0.4, -0.2) is 38.2 Å². The maximum atomic E-state index is 13.0. The molecule has 1 atom stereocenters. The van der Waals surface area contributed by atoms with Gasteiger partial charge >= 0.3 is 0 Å². The van der Waals surface area contributed by atoms with Gasteiger partial charge in [-0.15, -0.1) is 0 Å². The van der Waals surface area contributed by atoms with Crippen LogP contribution in [0.4, 0.5) is 0 Å². The number of nitrogens with one attached hydrogen (secondary N) is 1. The molecule has 1 fully saturated rings. The van der Waals surface area contributed by atoms with Crippen LogP contribution in [0.25, 0.3) is 10.8 Å². The Kier molecular flexibility index (Phi) is 3.87. The number of hydrogen-bond acceptors (Lipinski definition) is 3. The Labute approximate surface area is 145 Å². The predicted molar refractivity (Wildman–Crippen MR) is 95.6 cm³/mol. The molecule has 0 bridgehead atoms. The van der Waals surface area contributed by atoms with Crippen molar-refractivity contribution < 1.29 is 4.79 Å². The lowest BCUT2D eigenvalue weighted by Crippen LogP contribution is -2.39. The molecule has 3 heterocycles. The summed E-state index contributed by atoms with van der Waals surface area (Å²) in [4.78, 5) is 29.8. The second kappa shape index (κ2) is 6.20. The third-order valence-electron chi connectivity index (χ3n) is 4.78. The van der Waals surface area contributed by atoms with Gasteiger partial charge in [-0.1, -0.05) is 18.2 Å². The van der Waals surface area contributed by atoms with Gasteiger partial charge < -0.3 is 9.88 Å². The lowest BCUT2D eigenvalue weighted by atomic mass is 10.1. The van der Waals surface area contributed by atoms with Gasteiger partial charge in [0.15, 0.2) is 0 Å². The number of nitrogens with zero attached hydrogens (tertiary/aromatic N) is 3. The number of hydrogen-bond donors (Lipinski definition) is 1. The fraction of sp³-hybridized carbons (Fsp3) is 0.316. The smallest absolute Gasteiger partial charge is 0.270 e. The molecule has 1 N–H and O–H groups in total. The molecule has 0 aliphatic carbocycles. The lowest BCUT2D eigenvalue weighted by molar-refractivity contribution is 0.0715. The highest BCUT2D eigenvalue weighted by molar-refractivity contribution is 5.96. The van der Waals surface area contributed by atoms with Gasteiger partial charge in [-0.25, -0.2) is 0 Å². The van der Waals surface area contributed by atoms with E-state index in [9.17, 15) is 9.59 Å². The van der Waals surface area contributed by atoms with Gasteiger partial charge in [0, 0.05) is 18.1 Å². The minimum Gasteiger partial charge on any atom is -0.333 e. The highest BCUT2D eigenvalue weighted by Crippen LogP contribution is 2.22. The first-order valence-corrected chi connectivity index (χ1v) is 8.54. The van der Waals surface area contributed by atoms with Crippen molar-refractivity contribution >= 4 is 16.7 Å². The van der Waals surface area contributed by atoms with Crippen LogP contribution < -0.4 is 5.56 Å². The molecule has 4 rings (SSSR count). The predicted octanol–water partition coefficient (Wildman–Crippen LogP) is 2.34. The SMILES string of the molecule is Cc1cnn(C[C@@H]2CCCN2C(=O)c2cc3ccccc3c(=O)[nH]2)c1. The molecule has 6 nitrogen and oxygen atoms in total.